The first-order valence-electron chi connectivity index (χ1n) is 23.4. The van der Waals surface area contributed by atoms with E-state index in [4.69, 9.17) is 0 Å². The van der Waals surface area contributed by atoms with E-state index < -0.39 is 12.1 Å². The Morgan fingerprint density at radius 3 is 1.00 bits per heavy atom. The molecule has 0 spiro atoms. The quantitative estimate of drug-likeness (QED) is 0.0517. The summed E-state index contributed by atoms with van der Waals surface area (Å²) in [6.45, 7) is 9.83. The van der Waals surface area contributed by atoms with Crippen LogP contribution in [0.1, 0.15) is 206 Å². The van der Waals surface area contributed by atoms with Crippen LogP contribution in [-0.2, 0) is 4.79 Å². The maximum atomic E-state index is 12.5. The predicted octanol–water partition coefficient (Wildman–Crippen LogP) is 12.8. The van der Waals surface area contributed by atoms with E-state index in [9.17, 15) is 9.90 Å². The number of carbonyl (C=O) groups is 1. The van der Waals surface area contributed by atoms with Gasteiger partial charge in [-0.25, -0.2) is 9.69 Å². The molecule has 0 radical (unpaired) electrons. The Balaban J connectivity index is 2.38. The normalized spacial score (nSPS) is 15.7. The Hall–Kier alpha value is -1.53. The molecule has 0 aromatic heterocycles. The lowest BCUT2D eigenvalue weighted by Gasteiger charge is -2.39. The summed E-state index contributed by atoms with van der Waals surface area (Å²) in [6, 6.07) is 0. The lowest BCUT2D eigenvalue weighted by molar-refractivity contribution is -0.899. The molecule has 53 heavy (non-hydrogen) atoms. The number of quaternary nitrogens is 1. The highest BCUT2D eigenvalue weighted by atomic mass is 16.4. The maximum Gasteiger partial charge on any atom is 0.379 e. The molecule has 1 rings (SSSR count). The van der Waals surface area contributed by atoms with Crippen molar-refractivity contribution in [2.24, 2.45) is 0 Å². The van der Waals surface area contributed by atoms with Gasteiger partial charge in [-0.2, -0.15) is 0 Å². The summed E-state index contributed by atoms with van der Waals surface area (Å²) >= 11 is 0. The number of hydrogen-bond donors (Lipinski definition) is 1. The van der Waals surface area contributed by atoms with Crippen LogP contribution in [0.5, 0.6) is 0 Å². The Labute approximate surface area is 331 Å². The topological polar surface area (TPSA) is 47.0 Å². The van der Waals surface area contributed by atoms with E-state index in [1.54, 1.807) is 0 Å². The number of hydrogen-bond acceptors (Lipinski definition) is 4. The van der Waals surface area contributed by atoms with Crippen LogP contribution in [-0.4, -0.2) is 96.8 Å². The lowest BCUT2D eigenvalue weighted by atomic mass is 10.0. The minimum Gasteiger partial charge on any atom is -0.476 e. The number of allylic oxidation sites excluding steroid dienone is 2. The molecule has 1 aliphatic heterocycles. The zero-order valence-corrected chi connectivity index (χ0v) is 36.5. The van der Waals surface area contributed by atoms with Crippen molar-refractivity contribution in [2.45, 2.75) is 213 Å². The van der Waals surface area contributed by atoms with Gasteiger partial charge in [-0.15, -0.1) is 0 Å². The van der Waals surface area contributed by atoms with Gasteiger partial charge in [0.05, 0.1) is 21.1 Å². The van der Waals surface area contributed by atoms with E-state index in [1.807, 2.05) is 21.1 Å². The number of carboxylic acid groups (broad SMARTS) is 1. The highest BCUT2D eigenvalue weighted by Crippen LogP contribution is 2.17. The van der Waals surface area contributed by atoms with E-state index in [0.717, 1.165) is 52.1 Å². The molecule has 6 nitrogen and oxygen atoms in total. The van der Waals surface area contributed by atoms with E-state index in [0.29, 0.717) is 4.48 Å². The fourth-order valence-corrected chi connectivity index (χ4v) is 7.99. The minimum absolute atomic E-state index is 0.402. The van der Waals surface area contributed by atoms with Crippen molar-refractivity contribution in [3.8, 4) is 0 Å². The SMILES string of the molecule is CCCCCCCCCCCCCCCCC=CN1CCN(C=CCCCCCCCCCCCCCCCC)CCN(C(C(=O)O)[N+](C)(C)C)CC1. The first-order valence-corrected chi connectivity index (χ1v) is 23.4. The van der Waals surface area contributed by atoms with E-state index in [1.165, 1.54) is 180 Å². The van der Waals surface area contributed by atoms with E-state index >= 15 is 0 Å². The predicted molar refractivity (Wildman–Crippen MR) is 232 cm³/mol. The molecule has 1 unspecified atom stereocenters. The molecular formula is C47H93N4O2+. The third kappa shape index (κ3) is 29.4. The molecule has 0 bridgehead atoms. The molecular weight excluding hydrogens is 653 g/mol. The Bertz CT molecular complexity index is 815. The van der Waals surface area contributed by atoms with Crippen LogP contribution in [0.4, 0.5) is 0 Å². The van der Waals surface area contributed by atoms with Crippen molar-refractivity contribution in [2.75, 3.05) is 60.4 Å². The average molecular weight is 746 g/mol. The van der Waals surface area contributed by atoms with Crippen LogP contribution in [0.15, 0.2) is 24.6 Å². The molecule has 1 atom stereocenters. The van der Waals surface area contributed by atoms with Gasteiger partial charge in [0.25, 0.3) is 0 Å². The molecule has 1 saturated heterocycles. The second kappa shape index (κ2) is 34.9. The summed E-state index contributed by atoms with van der Waals surface area (Å²) in [7, 11) is 6.02. The fourth-order valence-electron chi connectivity index (χ4n) is 7.99. The van der Waals surface area contributed by atoms with E-state index in [2.05, 4.69) is 53.1 Å². The molecule has 1 N–H and O–H groups in total. The van der Waals surface area contributed by atoms with Crippen LogP contribution >= 0.6 is 0 Å². The molecule has 0 amide bonds. The maximum absolute atomic E-state index is 12.5. The summed E-state index contributed by atoms with van der Waals surface area (Å²) in [6.07, 6.45) is 50.2. The Morgan fingerprint density at radius 1 is 0.472 bits per heavy atom. The van der Waals surface area contributed by atoms with E-state index in [-0.39, 0.29) is 0 Å². The van der Waals surface area contributed by atoms with Crippen LogP contribution in [0.25, 0.3) is 0 Å². The molecule has 1 fully saturated rings. The smallest absolute Gasteiger partial charge is 0.379 e. The van der Waals surface area contributed by atoms with Crippen molar-refractivity contribution in [3.63, 3.8) is 0 Å². The minimum atomic E-state index is -0.725. The number of carboxylic acids is 1. The van der Waals surface area contributed by atoms with Gasteiger partial charge < -0.3 is 19.4 Å². The summed E-state index contributed by atoms with van der Waals surface area (Å²) in [5, 5.41) is 10.2. The van der Waals surface area contributed by atoms with Gasteiger partial charge in [-0.3, -0.25) is 0 Å². The first kappa shape index (κ1) is 49.5. The Morgan fingerprint density at radius 2 is 0.736 bits per heavy atom. The molecule has 0 saturated carbocycles. The number of rotatable bonds is 35. The third-order valence-electron chi connectivity index (χ3n) is 11.4. The van der Waals surface area contributed by atoms with Gasteiger partial charge in [-0.1, -0.05) is 193 Å². The molecule has 0 aliphatic carbocycles. The zero-order valence-electron chi connectivity index (χ0n) is 36.5. The molecule has 0 aromatic rings. The zero-order chi connectivity index (χ0) is 38.7. The van der Waals surface area contributed by atoms with Gasteiger partial charge in [0.15, 0.2) is 0 Å². The van der Waals surface area contributed by atoms with Crippen molar-refractivity contribution >= 4 is 5.97 Å². The van der Waals surface area contributed by atoms with Crippen LogP contribution < -0.4 is 0 Å². The Kier molecular flexibility index (Phi) is 32.6. The van der Waals surface area contributed by atoms with Gasteiger partial charge >= 0.3 is 5.97 Å². The molecule has 6 heteroatoms. The van der Waals surface area contributed by atoms with Gasteiger partial charge in [-0.05, 0) is 38.1 Å². The van der Waals surface area contributed by atoms with Crippen molar-refractivity contribution in [3.05, 3.63) is 24.6 Å². The van der Waals surface area contributed by atoms with Crippen molar-refractivity contribution in [1.29, 1.82) is 0 Å². The largest absolute Gasteiger partial charge is 0.476 e. The summed E-state index contributed by atoms with van der Waals surface area (Å²) in [5.74, 6) is -0.725. The summed E-state index contributed by atoms with van der Waals surface area (Å²) in [5.41, 5.74) is 0. The summed E-state index contributed by atoms with van der Waals surface area (Å²) in [4.78, 5) is 19.5. The number of aliphatic carboxylic acids is 1. The number of likely N-dealkylation sites (N-methyl/N-ethyl adjacent to an activating group) is 1. The molecule has 312 valence electrons. The second-order valence-corrected chi connectivity index (χ2v) is 17.5. The highest BCUT2D eigenvalue weighted by molar-refractivity contribution is 5.71. The average Bonchev–Trinajstić information content (AvgIpc) is 3.21. The van der Waals surface area contributed by atoms with Gasteiger partial charge in [0.1, 0.15) is 0 Å². The fraction of sp³-hybridized carbons (Fsp3) is 0.894. The van der Waals surface area contributed by atoms with Crippen molar-refractivity contribution in [1.82, 2.24) is 14.7 Å². The van der Waals surface area contributed by atoms with Crippen LogP contribution in [0.3, 0.4) is 0 Å². The molecule has 1 heterocycles. The second-order valence-electron chi connectivity index (χ2n) is 17.5. The van der Waals surface area contributed by atoms with Crippen LogP contribution in [0, 0.1) is 0 Å². The highest BCUT2D eigenvalue weighted by Gasteiger charge is 2.37. The number of unbranched alkanes of at least 4 members (excludes halogenated alkanes) is 28. The molecule has 1 aliphatic rings. The first-order chi connectivity index (χ1) is 25.8. The standard InChI is InChI=1S/C47H92N4O2/c1-6-8-10-12-14-16-18-20-22-24-26-28-30-32-34-36-38-48-40-41-49(43-45-50(44-42-48)46(47(52)53)51(3,4)5)39-37-35-33-31-29-27-25-23-21-19-17-15-13-11-9-7-2/h36-39,46H,6-35,40-45H2,1-5H3/p+1. The molecule has 0 aromatic carbocycles. The summed E-state index contributed by atoms with van der Waals surface area (Å²) < 4.78 is 0.402. The third-order valence-corrected chi connectivity index (χ3v) is 11.4. The van der Waals surface area contributed by atoms with Crippen LogP contribution in [0.2, 0.25) is 0 Å². The van der Waals surface area contributed by atoms with Crippen molar-refractivity contribution < 1.29 is 14.4 Å². The van der Waals surface area contributed by atoms with Gasteiger partial charge in [0, 0.05) is 39.3 Å². The monoisotopic (exact) mass is 746 g/mol. The lowest BCUT2D eigenvalue weighted by Crippen LogP contribution is -2.61. The number of nitrogens with zero attached hydrogens (tertiary/aromatic N) is 4. The van der Waals surface area contributed by atoms with Gasteiger partial charge in [0.2, 0.25) is 6.17 Å².